The molecule has 4 rings (SSSR count). The molecule has 0 radical (unpaired) electrons. The molecule has 0 unspecified atom stereocenters. The fourth-order valence-corrected chi connectivity index (χ4v) is 4.20. The lowest BCUT2D eigenvalue weighted by Crippen LogP contribution is -2.38. The predicted octanol–water partition coefficient (Wildman–Crippen LogP) is 3.45. The standard InChI is InChI=1S/C21H26N4O2/c26-20(22-16-10-4-5-11-16)18-14-17(23-24-18)19-12-6-7-13-25(19)21(27)15-8-2-1-3-9-15/h1-3,8-9,14,16,19H,4-7,10-13H2,(H,22,26)(H,23,24)/t19-/m0/s1. The fourth-order valence-electron chi connectivity index (χ4n) is 4.20. The maximum Gasteiger partial charge on any atom is 0.271 e. The molecule has 1 aromatic heterocycles. The zero-order valence-corrected chi connectivity index (χ0v) is 15.5. The average Bonchev–Trinajstić information content (AvgIpc) is 3.40. The second-order valence-corrected chi connectivity index (χ2v) is 7.54. The van der Waals surface area contributed by atoms with E-state index < -0.39 is 0 Å². The van der Waals surface area contributed by atoms with Crippen LogP contribution in [-0.2, 0) is 0 Å². The minimum Gasteiger partial charge on any atom is -0.348 e. The highest BCUT2D eigenvalue weighted by Gasteiger charge is 2.30. The van der Waals surface area contributed by atoms with Gasteiger partial charge in [-0.25, -0.2) is 0 Å². The van der Waals surface area contributed by atoms with Crippen LogP contribution in [0.5, 0.6) is 0 Å². The Bertz CT molecular complexity index is 796. The number of carbonyl (C=O) groups is 2. The average molecular weight is 366 g/mol. The summed E-state index contributed by atoms with van der Waals surface area (Å²) in [5.74, 6) is -0.0898. The Hall–Kier alpha value is -2.63. The van der Waals surface area contributed by atoms with Gasteiger partial charge in [-0.05, 0) is 50.3 Å². The number of aromatic amines is 1. The third-order valence-corrected chi connectivity index (χ3v) is 5.66. The smallest absolute Gasteiger partial charge is 0.271 e. The lowest BCUT2D eigenvalue weighted by molar-refractivity contribution is 0.0606. The molecule has 1 atom stereocenters. The van der Waals surface area contributed by atoms with Gasteiger partial charge in [0.05, 0.1) is 11.7 Å². The van der Waals surface area contributed by atoms with Crippen LogP contribution in [0, 0.1) is 0 Å². The van der Waals surface area contributed by atoms with Crippen LogP contribution in [0.25, 0.3) is 0 Å². The molecule has 2 heterocycles. The first-order chi connectivity index (χ1) is 13.2. The summed E-state index contributed by atoms with van der Waals surface area (Å²) in [6.07, 6.45) is 7.38. The maximum absolute atomic E-state index is 13.0. The third kappa shape index (κ3) is 3.89. The number of hydrogen-bond donors (Lipinski definition) is 2. The van der Waals surface area contributed by atoms with Gasteiger partial charge in [-0.2, -0.15) is 5.10 Å². The zero-order valence-electron chi connectivity index (χ0n) is 15.5. The number of carbonyl (C=O) groups excluding carboxylic acids is 2. The number of rotatable bonds is 4. The lowest BCUT2D eigenvalue weighted by atomic mass is 9.98. The van der Waals surface area contributed by atoms with Crippen LogP contribution in [0.2, 0.25) is 0 Å². The normalized spacial score (nSPS) is 20.6. The zero-order chi connectivity index (χ0) is 18.6. The van der Waals surface area contributed by atoms with E-state index in [1.807, 2.05) is 41.3 Å². The van der Waals surface area contributed by atoms with E-state index in [-0.39, 0.29) is 23.9 Å². The summed E-state index contributed by atoms with van der Waals surface area (Å²) >= 11 is 0. The molecule has 2 N–H and O–H groups in total. The second kappa shape index (κ2) is 7.94. The van der Waals surface area contributed by atoms with Gasteiger partial charge in [0.25, 0.3) is 11.8 Å². The van der Waals surface area contributed by atoms with Gasteiger partial charge in [-0.3, -0.25) is 14.7 Å². The molecule has 1 aliphatic carbocycles. The van der Waals surface area contributed by atoms with E-state index in [4.69, 9.17) is 0 Å². The Kier molecular flexibility index (Phi) is 5.23. The second-order valence-electron chi connectivity index (χ2n) is 7.54. The molecule has 0 bridgehead atoms. The molecular formula is C21H26N4O2. The number of piperidine rings is 1. The summed E-state index contributed by atoms with van der Waals surface area (Å²) in [4.78, 5) is 27.3. The Labute approximate surface area is 159 Å². The molecule has 2 amide bonds. The van der Waals surface area contributed by atoms with Gasteiger partial charge in [0, 0.05) is 18.2 Å². The van der Waals surface area contributed by atoms with Crippen molar-refractivity contribution >= 4 is 11.8 Å². The maximum atomic E-state index is 13.0. The van der Waals surface area contributed by atoms with Crippen LogP contribution < -0.4 is 5.32 Å². The first kappa shape index (κ1) is 17.8. The highest BCUT2D eigenvalue weighted by Crippen LogP contribution is 2.31. The minimum absolute atomic E-state index is 0.0341. The number of hydrogen-bond acceptors (Lipinski definition) is 3. The molecule has 2 aliphatic rings. The first-order valence-corrected chi connectivity index (χ1v) is 9.94. The van der Waals surface area contributed by atoms with Gasteiger partial charge in [0.2, 0.25) is 0 Å². The van der Waals surface area contributed by atoms with Gasteiger partial charge in [0.1, 0.15) is 5.69 Å². The van der Waals surface area contributed by atoms with Gasteiger partial charge in [0.15, 0.2) is 0 Å². The number of nitrogens with zero attached hydrogens (tertiary/aromatic N) is 2. The topological polar surface area (TPSA) is 78.1 Å². The summed E-state index contributed by atoms with van der Waals surface area (Å²) in [5, 5.41) is 10.3. The van der Waals surface area contributed by atoms with Gasteiger partial charge in [-0.15, -0.1) is 0 Å². The Morgan fingerprint density at radius 2 is 1.78 bits per heavy atom. The van der Waals surface area contributed by atoms with E-state index in [1.165, 1.54) is 12.8 Å². The molecule has 6 heteroatoms. The Balaban J connectivity index is 1.50. The summed E-state index contributed by atoms with van der Waals surface area (Å²) in [6, 6.07) is 11.4. The quantitative estimate of drug-likeness (QED) is 0.870. The molecule has 1 saturated heterocycles. The largest absolute Gasteiger partial charge is 0.348 e. The van der Waals surface area contributed by atoms with Gasteiger partial charge < -0.3 is 10.2 Å². The molecule has 142 valence electrons. The van der Waals surface area contributed by atoms with Crippen LogP contribution in [0.15, 0.2) is 36.4 Å². The number of aromatic nitrogens is 2. The van der Waals surface area contributed by atoms with Crippen molar-refractivity contribution in [2.75, 3.05) is 6.54 Å². The van der Waals surface area contributed by atoms with Crippen molar-refractivity contribution in [1.82, 2.24) is 20.4 Å². The monoisotopic (exact) mass is 366 g/mol. The van der Waals surface area contributed by atoms with E-state index in [0.29, 0.717) is 11.3 Å². The van der Waals surface area contributed by atoms with Crippen molar-refractivity contribution in [3.63, 3.8) is 0 Å². The third-order valence-electron chi connectivity index (χ3n) is 5.66. The predicted molar refractivity (Wildman–Crippen MR) is 102 cm³/mol. The number of H-pyrrole nitrogens is 1. The van der Waals surface area contributed by atoms with Crippen molar-refractivity contribution in [2.24, 2.45) is 0 Å². The minimum atomic E-state index is -0.124. The van der Waals surface area contributed by atoms with E-state index in [2.05, 4.69) is 15.5 Å². The molecule has 1 aliphatic heterocycles. The van der Waals surface area contributed by atoms with Crippen LogP contribution in [0.1, 0.15) is 77.5 Å². The SMILES string of the molecule is O=C(NC1CCCC1)c1cc([C@@H]2CCCCN2C(=O)c2ccccc2)[nH]n1. The summed E-state index contributed by atoms with van der Waals surface area (Å²) in [7, 11) is 0. The summed E-state index contributed by atoms with van der Waals surface area (Å²) < 4.78 is 0. The highest BCUT2D eigenvalue weighted by atomic mass is 16.2. The van der Waals surface area contributed by atoms with E-state index in [1.54, 1.807) is 0 Å². The molecule has 2 fully saturated rings. The Morgan fingerprint density at radius 3 is 2.56 bits per heavy atom. The molecule has 1 aromatic carbocycles. The molecular weight excluding hydrogens is 340 g/mol. The van der Waals surface area contributed by atoms with E-state index in [9.17, 15) is 9.59 Å². The molecule has 2 aromatic rings. The number of amides is 2. The first-order valence-electron chi connectivity index (χ1n) is 9.94. The fraction of sp³-hybridized carbons (Fsp3) is 0.476. The lowest BCUT2D eigenvalue weighted by Gasteiger charge is -2.35. The van der Waals surface area contributed by atoms with Crippen molar-refractivity contribution in [3.8, 4) is 0 Å². The van der Waals surface area contributed by atoms with Gasteiger partial charge in [-0.1, -0.05) is 31.0 Å². The van der Waals surface area contributed by atoms with Crippen LogP contribution in [0.4, 0.5) is 0 Å². The van der Waals surface area contributed by atoms with Crippen molar-refractivity contribution in [1.29, 1.82) is 0 Å². The number of benzene rings is 1. The van der Waals surface area contributed by atoms with Crippen molar-refractivity contribution in [3.05, 3.63) is 53.3 Å². The van der Waals surface area contributed by atoms with Crippen LogP contribution in [-0.4, -0.2) is 39.5 Å². The summed E-state index contributed by atoms with van der Waals surface area (Å²) in [6.45, 7) is 0.723. The molecule has 1 saturated carbocycles. The number of nitrogens with one attached hydrogen (secondary N) is 2. The van der Waals surface area contributed by atoms with Crippen molar-refractivity contribution < 1.29 is 9.59 Å². The molecule has 27 heavy (non-hydrogen) atoms. The van der Waals surface area contributed by atoms with Crippen LogP contribution in [0.3, 0.4) is 0 Å². The Morgan fingerprint density at radius 1 is 1.04 bits per heavy atom. The molecule has 6 nitrogen and oxygen atoms in total. The van der Waals surface area contributed by atoms with E-state index in [0.717, 1.165) is 44.3 Å². The van der Waals surface area contributed by atoms with Crippen molar-refractivity contribution in [2.45, 2.75) is 57.0 Å². The van der Waals surface area contributed by atoms with Gasteiger partial charge >= 0.3 is 0 Å². The number of likely N-dealkylation sites (tertiary alicyclic amines) is 1. The molecule has 0 spiro atoms. The van der Waals surface area contributed by atoms with Crippen LogP contribution >= 0.6 is 0 Å². The van der Waals surface area contributed by atoms with E-state index >= 15 is 0 Å². The highest BCUT2D eigenvalue weighted by molar-refractivity contribution is 5.95. The summed E-state index contributed by atoms with van der Waals surface area (Å²) in [5.41, 5.74) is 1.95.